The van der Waals surface area contributed by atoms with Crippen LogP contribution in [-0.4, -0.2) is 37.2 Å². The topological polar surface area (TPSA) is 87.5 Å². The Morgan fingerprint density at radius 2 is 2.23 bits per heavy atom. The van der Waals surface area contributed by atoms with E-state index in [0.717, 1.165) is 19.3 Å². The molecule has 0 radical (unpaired) electrons. The predicted octanol–water partition coefficient (Wildman–Crippen LogP) is 2.07. The number of aromatic nitrogens is 1. The van der Waals surface area contributed by atoms with Crippen LogP contribution in [0.1, 0.15) is 43.5 Å². The highest BCUT2D eigenvalue weighted by molar-refractivity contribution is 7.85. The Bertz CT molecular complexity index is 645. The summed E-state index contributed by atoms with van der Waals surface area (Å²) in [7, 11) is -1.54. The van der Waals surface area contributed by atoms with E-state index in [0.29, 0.717) is 5.92 Å². The average Bonchev–Trinajstić information content (AvgIpc) is 2.81. The number of hydrogen-bond donors (Lipinski definition) is 2. The molecule has 1 heterocycles. The van der Waals surface area contributed by atoms with Crippen LogP contribution < -0.4 is 0 Å². The lowest BCUT2D eigenvalue weighted by molar-refractivity contribution is 0.0160. The van der Waals surface area contributed by atoms with Crippen LogP contribution in [0.15, 0.2) is 23.4 Å². The van der Waals surface area contributed by atoms with Crippen LogP contribution in [0.4, 0.5) is 0 Å². The zero-order valence-electron chi connectivity index (χ0n) is 12.8. The second-order valence-corrected chi connectivity index (χ2v) is 8.38. The molecular weight excluding hydrogens is 302 g/mol. The molecule has 120 valence electrons. The van der Waals surface area contributed by atoms with Crippen molar-refractivity contribution in [1.82, 2.24) is 4.98 Å². The number of aliphatic hydroxyl groups is 1. The highest BCUT2D eigenvalue weighted by atomic mass is 32.2. The fourth-order valence-electron chi connectivity index (χ4n) is 4.42. The zero-order valence-corrected chi connectivity index (χ0v) is 13.6. The van der Waals surface area contributed by atoms with Crippen molar-refractivity contribution in [2.45, 2.75) is 44.2 Å². The third kappa shape index (κ3) is 2.04. The summed E-state index contributed by atoms with van der Waals surface area (Å²) in [6.07, 6.45) is 3.62. The number of nitrogens with zero attached hydrogens (tertiary/aromatic N) is 1. The largest absolute Gasteiger partial charge is 0.478 e. The first-order valence-corrected chi connectivity index (χ1v) is 8.86. The van der Waals surface area contributed by atoms with Crippen LogP contribution in [0.25, 0.3) is 0 Å². The highest BCUT2D eigenvalue weighted by Gasteiger charge is 2.64. The summed E-state index contributed by atoms with van der Waals surface area (Å²) in [5.74, 6) is -0.402. The van der Waals surface area contributed by atoms with E-state index >= 15 is 0 Å². The van der Waals surface area contributed by atoms with Crippen molar-refractivity contribution in [1.29, 1.82) is 0 Å². The van der Waals surface area contributed by atoms with Crippen molar-refractivity contribution in [3.8, 4) is 0 Å². The molecule has 2 fully saturated rings. The van der Waals surface area contributed by atoms with Crippen LogP contribution in [0.2, 0.25) is 0 Å². The molecule has 22 heavy (non-hydrogen) atoms. The summed E-state index contributed by atoms with van der Waals surface area (Å²) >= 11 is 0. The van der Waals surface area contributed by atoms with Crippen molar-refractivity contribution in [3.05, 3.63) is 23.9 Å². The first-order valence-electron chi connectivity index (χ1n) is 7.54. The fourth-order valence-corrected chi connectivity index (χ4v) is 6.31. The van der Waals surface area contributed by atoms with E-state index in [1.807, 2.05) is 0 Å². The van der Waals surface area contributed by atoms with Crippen molar-refractivity contribution in [2.24, 2.45) is 16.7 Å². The van der Waals surface area contributed by atoms with Crippen LogP contribution >= 0.6 is 0 Å². The van der Waals surface area contributed by atoms with Gasteiger partial charge in [-0.1, -0.05) is 13.8 Å². The van der Waals surface area contributed by atoms with Crippen LogP contribution in [0, 0.1) is 16.7 Å². The molecule has 5 nitrogen and oxygen atoms in total. The standard InChI is InChI=1S/C16H21NO4S/c1-15(2)10-5-6-16(15,12(18)8-10)9-22(21)13-11(14(19)20)4-3-7-17-13/h3-4,7,10,12,18H,5-6,8-9H2,1-2H3,(H,19,20)/t10-,12+,16-,22?/m1/s1. The van der Waals surface area contributed by atoms with Crippen molar-refractivity contribution < 1.29 is 19.2 Å². The summed E-state index contributed by atoms with van der Waals surface area (Å²) in [5, 5.41) is 19.9. The quantitative estimate of drug-likeness (QED) is 0.886. The number of carboxylic acids is 1. The Morgan fingerprint density at radius 3 is 2.77 bits per heavy atom. The fraction of sp³-hybridized carbons (Fsp3) is 0.625. The van der Waals surface area contributed by atoms with E-state index in [-0.39, 0.29) is 21.8 Å². The molecule has 0 amide bonds. The number of pyridine rings is 1. The molecule has 2 aliphatic carbocycles. The van der Waals surface area contributed by atoms with Gasteiger partial charge in [-0.25, -0.2) is 9.78 Å². The lowest BCUT2D eigenvalue weighted by atomic mass is 9.70. The molecule has 0 aliphatic heterocycles. The van der Waals surface area contributed by atoms with Gasteiger partial charge in [0.15, 0.2) is 0 Å². The summed E-state index contributed by atoms with van der Waals surface area (Å²) < 4.78 is 12.8. The number of rotatable bonds is 4. The summed E-state index contributed by atoms with van der Waals surface area (Å²) in [4.78, 5) is 15.3. The second-order valence-electron chi connectivity index (χ2n) is 7.02. The lowest BCUT2D eigenvalue weighted by Gasteiger charge is -2.40. The van der Waals surface area contributed by atoms with E-state index in [2.05, 4.69) is 18.8 Å². The maximum Gasteiger partial charge on any atom is 0.338 e. The van der Waals surface area contributed by atoms with Gasteiger partial charge < -0.3 is 10.2 Å². The number of aliphatic hydroxyl groups excluding tert-OH is 1. The van der Waals surface area contributed by atoms with Gasteiger partial charge in [0.2, 0.25) is 0 Å². The van der Waals surface area contributed by atoms with Gasteiger partial charge in [0, 0.05) is 17.4 Å². The highest BCUT2D eigenvalue weighted by Crippen LogP contribution is 2.66. The molecule has 2 bridgehead atoms. The Hall–Kier alpha value is -1.27. The molecule has 1 aromatic rings. The SMILES string of the molecule is CC1(C)[C@@H]2CC[C@@]1(CS(=O)c1ncccc1C(=O)O)[C@@H](O)C2. The molecule has 2 aliphatic rings. The minimum atomic E-state index is -1.54. The van der Waals surface area contributed by atoms with Gasteiger partial charge in [-0.15, -0.1) is 0 Å². The minimum absolute atomic E-state index is 0.0166. The smallest absolute Gasteiger partial charge is 0.338 e. The van der Waals surface area contributed by atoms with Crippen LogP contribution in [0.3, 0.4) is 0 Å². The molecule has 0 aromatic carbocycles. The Balaban J connectivity index is 1.94. The monoisotopic (exact) mass is 323 g/mol. The molecule has 1 unspecified atom stereocenters. The maximum absolute atomic E-state index is 12.8. The molecule has 1 aromatic heterocycles. The Labute approximate surface area is 132 Å². The number of hydrogen-bond acceptors (Lipinski definition) is 4. The van der Waals surface area contributed by atoms with Crippen molar-refractivity contribution in [2.75, 3.05) is 5.75 Å². The summed E-state index contributed by atoms with van der Waals surface area (Å²) in [6, 6.07) is 2.95. The van der Waals surface area contributed by atoms with Gasteiger partial charge in [-0.3, -0.25) is 4.21 Å². The van der Waals surface area contributed by atoms with Crippen molar-refractivity contribution >= 4 is 16.8 Å². The molecule has 0 spiro atoms. The third-order valence-corrected chi connectivity index (χ3v) is 7.53. The van der Waals surface area contributed by atoms with E-state index in [1.54, 1.807) is 0 Å². The predicted molar refractivity (Wildman–Crippen MR) is 82.0 cm³/mol. The van der Waals surface area contributed by atoms with Crippen LogP contribution in [-0.2, 0) is 10.8 Å². The minimum Gasteiger partial charge on any atom is -0.478 e. The van der Waals surface area contributed by atoms with E-state index < -0.39 is 28.3 Å². The van der Waals surface area contributed by atoms with E-state index in [1.165, 1.54) is 18.3 Å². The van der Waals surface area contributed by atoms with Gasteiger partial charge in [0.1, 0.15) is 5.03 Å². The molecule has 4 atom stereocenters. The van der Waals surface area contributed by atoms with Crippen molar-refractivity contribution in [3.63, 3.8) is 0 Å². The maximum atomic E-state index is 12.8. The normalized spacial score (nSPS) is 33.8. The van der Waals surface area contributed by atoms with E-state index in [9.17, 15) is 19.2 Å². The average molecular weight is 323 g/mol. The summed E-state index contributed by atoms with van der Waals surface area (Å²) in [6.45, 7) is 4.27. The molecule has 2 saturated carbocycles. The number of aromatic carboxylic acids is 1. The van der Waals surface area contributed by atoms with Gasteiger partial charge >= 0.3 is 5.97 Å². The molecule has 3 rings (SSSR count). The first kappa shape index (κ1) is 15.6. The zero-order chi connectivity index (χ0) is 16.1. The summed E-state index contributed by atoms with van der Waals surface area (Å²) in [5.41, 5.74) is -0.507. The lowest BCUT2D eigenvalue weighted by Crippen LogP contribution is -2.43. The number of carboxylic acid groups (broad SMARTS) is 1. The molecular formula is C16H21NO4S. The third-order valence-electron chi connectivity index (χ3n) is 5.99. The van der Waals surface area contributed by atoms with E-state index in [4.69, 9.17) is 0 Å². The molecule has 6 heteroatoms. The second kappa shape index (κ2) is 5.13. The van der Waals surface area contributed by atoms with Gasteiger partial charge in [-0.05, 0) is 42.7 Å². The number of carbonyl (C=O) groups is 1. The van der Waals surface area contributed by atoms with Gasteiger partial charge in [0.05, 0.1) is 22.5 Å². The van der Waals surface area contributed by atoms with Crippen LogP contribution in [0.5, 0.6) is 0 Å². The first-order chi connectivity index (χ1) is 10.3. The Morgan fingerprint density at radius 1 is 1.50 bits per heavy atom. The number of fused-ring (bicyclic) bond motifs is 2. The van der Waals surface area contributed by atoms with Gasteiger partial charge in [-0.2, -0.15) is 0 Å². The van der Waals surface area contributed by atoms with Gasteiger partial charge in [0.25, 0.3) is 0 Å². The molecule has 2 N–H and O–H groups in total. The Kier molecular flexibility index (Phi) is 3.64. The molecule has 0 saturated heterocycles.